The molecule has 0 aliphatic carbocycles. The Balaban J connectivity index is 3.50. The van der Waals surface area contributed by atoms with E-state index < -0.39 is 0 Å². The van der Waals surface area contributed by atoms with E-state index in [0.717, 1.165) is 3.72 Å². The summed E-state index contributed by atoms with van der Waals surface area (Å²) < 4.78 is 1.58. The summed E-state index contributed by atoms with van der Waals surface area (Å²) in [6.07, 6.45) is 0. The van der Waals surface area contributed by atoms with Crippen molar-refractivity contribution in [3.8, 4) is 0 Å². The first kappa shape index (κ1) is 9.60. The van der Waals surface area contributed by atoms with Gasteiger partial charge in [-0.15, -0.1) is 0 Å². The molecule has 0 heterocycles. The van der Waals surface area contributed by atoms with E-state index in [1.54, 1.807) is 0 Å². The van der Waals surface area contributed by atoms with Gasteiger partial charge in [0.15, 0.2) is 0 Å². The van der Waals surface area contributed by atoms with Gasteiger partial charge in [-0.1, -0.05) is 22.6 Å². The highest BCUT2D eigenvalue weighted by Gasteiger charge is 1.87. The van der Waals surface area contributed by atoms with Crippen LogP contribution >= 0.6 is 45.2 Å². The van der Waals surface area contributed by atoms with Crippen molar-refractivity contribution in [3.63, 3.8) is 0 Å². The number of hydrogen-bond acceptors (Lipinski definition) is 2. The molecular weight excluding hydrogens is 344 g/mol. The van der Waals surface area contributed by atoms with Crippen molar-refractivity contribution in [3.05, 3.63) is 0 Å². The summed E-state index contributed by atoms with van der Waals surface area (Å²) in [5.74, 6) is 0.437. The van der Waals surface area contributed by atoms with Crippen LogP contribution in [0.25, 0.3) is 0 Å². The zero-order valence-corrected chi connectivity index (χ0v) is 9.23. The maximum Gasteiger partial charge on any atom is 0.124 e. The van der Waals surface area contributed by atoms with Gasteiger partial charge in [0.25, 0.3) is 0 Å². The molecule has 0 amide bonds. The summed E-state index contributed by atoms with van der Waals surface area (Å²) in [5, 5.41) is 10.9. The topological polar surface area (TPSA) is 48.2 Å². The minimum atomic E-state index is 0.437. The first-order chi connectivity index (χ1) is 4.16. The normalized spacial score (nSPS) is 11.2. The van der Waals surface area contributed by atoms with Crippen LogP contribution in [0, 0.1) is 5.41 Å². The van der Waals surface area contributed by atoms with E-state index in [1.807, 2.05) is 6.92 Å². The smallest absolute Gasteiger partial charge is 0.124 e. The van der Waals surface area contributed by atoms with Crippen LogP contribution in [0.1, 0.15) is 6.92 Å². The summed E-state index contributed by atoms with van der Waals surface area (Å²) in [4.78, 5) is 0. The highest BCUT2D eigenvalue weighted by Crippen LogP contribution is 1.86. The van der Waals surface area contributed by atoms with Crippen LogP contribution in [0.3, 0.4) is 0 Å². The highest BCUT2D eigenvalue weighted by atomic mass is 127. The summed E-state index contributed by atoms with van der Waals surface area (Å²) >= 11 is 4.18. The molecule has 0 aromatic rings. The number of rotatable bonds is 2. The fourth-order valence-electron chi connectivity index (χ4n) is 0.174. The molecule has 0 atom stereocenters. The largest absolute Gasteiger partial charge is 0.286 e. The lowest BCUT2D eigenvalue weighted by molar-refractivity contribution is 1.01. The van der Waals surface area contributed by atoms with Gasteiger partial charge in [-0.05, 0) is 29.5 Å². The summed E-state index contributed by atoms with van der Waals surface area (Å²) in [6.45, 7) is 1.87. The van der Waals surface area contributed by atoms with Gasteiger partial charge >= 0.3 is 0 Å². The second kappa shape index (κ2) is 5.39. The van der Waals surface area contributed by atoms with Crippen LogP contribution in [0.5, 0.6) is 0 Å². The molecule has 3 nitrogen and oxygen atoms in total. The van der Waals surface area contributed by atoms with E-state index >= 15 is 0 Å². The maximum atomic E-state index is 7.10. The Morgan fingerprint density at radius 3 is 2.67 bits per heavy atom. The molecule has 9 heavy (non-hydrogen) atoms. The lowest BCUT2D eigenvalue weighted by Gasteiger charge is -1.95. The van der Waals surface area contributed by atoms with E-state index in [-0.39, 0.29) is 0 Å². The minimum Gasteiger partial charge on any atom is -0.286 e. The molecule has 0 aliphatic heterocycles. The number of nitrogens with zero attached hydrogens (tertiary/aromatic N) is 1. The molecule has 0 bridgehead atoms. The van der Waals surface area contributed by atoms with Gasteiger partial charge in [0.2, 0.25) is 0 Å². The van der Waals surface area contributed by atoms with Crippen LogP contribution < -0.4 is 5.43 Å². The molecule has 5 heteroatoms. The number of hydrogen-bond donors (Lipinski definition) is 2. The average molecular weight is 351 g/mol. The average Bonchev–Trinajstić information content (AvgIpc) is 1.83. The van der Waals surface area contributed by atoms with Gasteiger partial charge in [-0.2, -0.15) is 5.10 Å². The molecule has 0 rings (SSSR count). The fourth-order valence-corrected chi connectivity index (χ4v) is 0.466. The number of hydrazone groups is 1. The molecule has 2 N–H and O–H groups in total. The van der Waals surface area contributed by atoms with E-state index in [1.165, 1.54) is 0 Å². The first-order valence-corrected chi connectivity index (χ1v) is 4.86. The summed E-state index contributed by atoms with van der Waals surface area (Å²) in [5.41, 5.74) is 2.59. The Morgan fingerprint density at radius 2 is 2.33 bits per heavy atom. The third-order valence-corrected chi connectivity index (χ3v) is 1.48. The Bertz CT molecular complexity index is 128. The van der Waals surface area contributed by atoms with Gasteiger partial charge in [0, 0.05) is 0 Å². The van der Waals surface area contributed by atoms with E-state index in [2.05, 4.69) is 55.7 Å². The second-order valence-electron chi connectivity index (χ2n) is 1.33. The predicted octanol–water partition coefficient (Wildman–Crippen LogP) is 1.76. The maximum absolute atomic E-state index is 7.10. The Morgan fingerprint density at radius 1 is 1.78 bits per heavy atom. The zero-order chi connectivity index (χ0) is 7.28. The van der Waals surface area contributed by atoms with Crippen LogP contribution in [0.2, 0.25) is 0 Å². The van der Waals surface area contributed by atoms with Crippen molar-refractivity contribution < 1.29 is 0 Å². The minimum absolute atomic E-state index is 0.437. The molecule has 0 aliphatic rings. The molecule has 52 valence electrons. The van der Waals surface area contributed by atoms with Gasteiger partial charge in [0.1, 0.15) is 5.84 Å². The van der Waals surface area contributed by atoms with Crippen molar-refractivity contribution in [1.82, 2.24) is 5.43 Å². The standard InChI is InChI=1S/C4H7I2N3/c1-3(6)8-9-4(7)2-5/h2H2,1H3,(H2,7,9)/b8-3-. The summed E-state index contributed by atoms with van der Waals surface area (Å²) in [7, 11) is 0. The van der Waals surface area contributed by atoms with Gasteiger partial charge in [-0.3, -0.25) is 10.8 Å². The van der Waals surface area contributed by atoms with Crippen LogP contribution in [0.15, 0.2) is 5.10 Å². The molecular formula is C4H7I2N3. The first-order valence-electron chi connectivity index (χ1n) is 2.26. The number of amidine groups is 1. The third kappa shape index (κ3) is 6.49. The van der Waals surface area contributed by atoms with Crippen molar-refractivity contribution >= 4 is 54.7 Å². The van der Waals surface area contributed by atoms with Crippen LogP contribution in [-0.4, -0.2) is 14.0 Å². The van der Waals surface area contributed by atoms with Crippen molar-refractivity contribution in [2.45, 2.75) is 6.92 Å². The predicted molar refractivity (Wildman–Crippen MR) is 56.9 cm³/mol. The highest BCUT2D eigenvalue weighted by molar-refractivity contribution is 14.1. The van der Waals surface area contributed by atoms with E-state index in [9.17, 15) is 0 Å². The number of nitrogens with one attached hydrogen (secondary N) is 2. The molecule has 0 saturated heterocycles. The van der Waals surface area contributed by atoms with Crippen molar-refractivity contribution in [2.75, 3.05) is 4.43 Å². The Labute approximate surface area is 81.5 Å². The zero-order valence-electron chi connectivity index (χ0n) is 4.91. The van der Waals surface area contributed by atoms with Gasteiger partial charge in [-0.25, -0.2) is 0 Å². The van der Waals surface area contributed by atoms with Crippen LogP contribution in [0.4, 0.5) is 0 Å². The van der Waals surface area contributed by atoms with Crippen LogP contribution in [-0.2, 0) is 0 Å². The van der Waals surface area contributed by atoms with E-state index in [0.29, 0.717) is 10.3 Å². The SMILES string of the molecule is C/C(I)=N/NC(=N)CI. The third-order valence-electron chi connectivity index (χ3n) is 0.479. The molecule has 0 radical (unpaired) electrons. The Hall–Kier alpha value is 0.600. The second-order valence-corrected chi connectivity index (χ2v) is 3.66. The molecule has 0 saturated carbocycles. The summed E-state index contributed by atoms with van der Waals surface area (Å²) in [6, 6.07) is 0. The van der Waals surface area contributed by atoms with Gasteiger partial charge in [0.05, 0.1) is 8.15 Å². The quantitative estimate of drug-likeness (QED) is 0.257. The molecule has 0 aromatic heterocycles. The van der Waals surface area contributed by atoms with Crippen molar-refractivity contribution in [2.24, 2.45) is 5.10 Å². The monoisotopic (exact) mass is 351 g/mol. The molecule has 0 unspecified atom stereocenters. The van der Waals surface area contributed by atoms with Crippen molar-refractivity contribution in [1.29, 1.82) is 5.41 Å². The van der Waals surface area contributed by atoms with Gasteiger partial charge < -0.3 is 0 Å². The molecule has 0 aromatic carbocycles. The molecule has 0 fully saturated rings. The Kier molecular flexibility index (Phi) is 5.75. The molecule has 0 spiro atoms. The number of alkyl halides is 1. The lowest BCUT2D eigenvalue weighted by atomic mass is 10.7. The number of halogens is 2. The fraction of sp³-hybridized carbons (Fsp3) is 0.500. The lowest BCUT2D eigenvalue weighted by Crippen LogP contribution is -2.17. The van der Waals surface area contributed by atoms with E-state index in [4.69, 9.17) is 5.41 Å².